The molecular formula is C68H77N3S. The highest BCUT2D eigenvalue weighted by atomic mass is 32.1. The van der Waals surface area contributed by atoms with E-state index in [1.165, 1.54) is 136 Å². The Morgan fingerprint density at radius 3 is 1.53 bits per heavy atom. The minimum absolute atomic E-state index is 0.00662. The fraction of sp³-hybridized carbons (Fsp3) is 0.353. The molecule has 2 heterocycles. The topological polar surface area (TPSA) is 11.4 Å². The molecule has 72 heavy (non-hydrogen) atoms. The minimum Gasteiger partial charge on any atom is -0.312 e. The molecular weight excluding hydrogens is 891 g/mol. The predicted molar refractivity (Wildman–Crippen MR) is 316 cm³/mol. The SMILES string of the molecule is Cc1cc(C(C)(C)C)ccc1N(c1ccc(C(C)(C)C)cc1)c1cc(C2CCCC2)cc(N(c2ccc(C(C)(C)C)cc2)c2c(C)n(-c3ccc(C(C)(C)C)cc3)c3ccc4c5ccccc5sc4c23)c1C. The van der Waals surface area contributed by atoms with Crippen LogP contribution in [0.4, 0.5) is 34.1 Å². The first-order chi connectivity index (χ1) is 34.0. The molecule has 9 aromatic rings. The fourth-order valence-electron chi connectivity index (χ4n) is 11.4. The molecule has 0 spiro atoms. The zero-order valence-corrected chi connectivity index (χ0v) is 46.8. The molecule has 2 aromatic heterocycles. The molecule has 0 N–H and O–H groups in total. The number of thiophene rings is 1. The molecule has 1 aliphatic carbocycles. The van der Waals surface area contributed by atoms with Gasteiger partial charge in [0.1, 0.15) is 0 Å². The number of anilines is 6. The number of rotatable bonds is 8. The van der Waals surface area contributed by atoms with Crippen LogP contribution in [-0.2, 0) is 21.7 Å². The van der Waals surface area contributed by atoms with Gasteiger partial charge in [0, 0.05) is 54.0 Å². The Balaban J connectivity index is 1.33. The van der Waals surface area contributed by atoms with Crippen molar-refractivity contribution in [2.24, 2.45) is 0 Å². The van der Waals surface area contributed by atoms with E-state index in [4.69, 9.17) is 0 Å². The van der Waals surface area contributed by atoms with E-state index in [1.54, 1.807) is 0 Å². The van der Waals surface area contributed by atoms with Crippen molar-refractivity contribution in [1.82, 2.24) is 4.57 Å². The number of nitrogens with zero attached hydrogens (tertiary/aromatic N) is 3. The highest BCUT2D eigenvalue weighted by Gasteiger charge is 2.32. The van der Waals surface area contributed by atoms with Gasteiger partial charge in [-0.05, 0) is 167 Å². The summed E-state index contributed by atoms with van der Waals surface area (Å²) in [7, 11) is 0. The summed E-state index contributed by atoms with van der Waals surface area (Å²) in [5.74, 6) is 0.473. The lowest BCUT2D eigenvalue weighted by molar-refractivity contribution is 0.589. The van der Waals surface area contributed by atoms with E-state index in [0.29, 0.717) is 5.92 Å². The van der Waals surface area contributed by atoms with Crippen LogP contribution in [0.5, 0.6) is 0 Å². The molecule has 370 valence electrons. The van der Waals surface area contributed by atoms with E-state index >= 15 is 0 Å². The molecule has 0 aliphatic heterocycles. The monoisotopic (exact) mass is 968 g/mol. The van der Waals surface area contributed by atoms with Gasteiger partial charge in [0.25, 0.3) is 0 Å². The average molecular weight is 968 g/mol. The normalized spacial score (nSPS) is 14.0. The second-order valence-electron chi connectivity index (χ2n) is 25.2. The van der Waals surface area contributed by atoms with Gasteiger partial charge in [-0.25, -0.2) is 0 Å². The Labute approximate surface area is 435 Å². The lowest BCUT2D eigenvalue weighted by atomic mass is 9.85. The molecule has 1 saturated carbocycles. The second-order valence-corrected chi connectivity index (χ2v) is 26.2. The van der Waals surface area contributed by atoms with E-state index in [0.717, 1.165) is 5.69 Å². The zero-order valence-electron chi connectivity index (χ0n) is 45.9. The van der Waals surface area contributed by atoms with Crippen molar-refractivity contribution in [1.29, 1.82) is 0 Å². The minimum atomic E-state index is 0.00662. The molecule has 0 atom stereocenters. The molecule has 0 bridgehead atoms. The van der Waals surface area contributed by atoms with Crippen molar-refractivity contribution in [3.63, 3.8) is 0 Å². The predicted octanol–water partition coefficient (Wildman–Crippen LogP) is 20.7. The molecule has 7 aromatic carbocycles. The van der Waals surface area contributed by atoms with Gasteiger partial charge in [-0.15, -0.1) is 11.3 Å². The third kappa shape index (κ3) is 8.97. The first-order valence-corrected chi connectivity index (χ1v) is 27.4. The average Bonchev–Trinajstić information content (AvgIpc) is 4.07. The van der Waals surface area contributed by atoms with Gasteiger partial charge in [0.2, 0.25) is 0 Å². The molecule has 0 saturated heterocycles. The summed E-state index contributed by atoms with van der Waals surface area (Å²) in [6.07, 6.45) is 4.92. The summed E-state index contributed by atoms with van der Waals surface area (Å²) in [6.45, 7) is 34.8. The molecule has 4 heteroatoms. The van der Waals surface area contributed by atoms with Gasteiger partial charge in [-0.2, -0.15) is 0 Å². The first-order valence-electron chi connectivity index (χ1n) is 26.6. The third-order valence-corrected chi connectivity index (χ3v) is 17.1. The number of hydrogen-bond acceptors (Lipinski definition) is 3. The Bertz CT molecular complexity index is 3460. The van der Waals surface area contributed by atoms with Crippen molar-refractivity contribution in [2.75, 3.05) is 9.80 Å². The smallest absolute Gasteiger partial charge is 0.0765 e. The molecule has 0 radical (unpaired) electrons. The highest BCUT2D eigenvalue weighted by molar-refractivity contribution is 7.26. The quantitative estimate of drug-likeness (QED) is 0.150. The van der Waals surface area contributed by atoms with E-state index in [1.807, 2.05) is 11.3 Å². The van der Waals surface area contributed by atoms with Crippen LogP contribution in [-0.4, -0.2) is 4.57 Å². The summed E-state index contributed by atoms with van der Waals surface area (Å²) in [5, 5.41) is 3.92. The third-order valence-electron chi connectivity index (χ3n) is 15.9. The molecule has 3 nitrogen and oxygen atoms in total. The maximum atomic E-state index is 2.67. The Morgan fingerprint density at radius 1 is 0.486 bits per heavy atom. The number of benzene rings is 7. The van der Waals surface area contributed by atoms with Gasteiger partial charge in [0.15, 0.2) is 0 Å². The van der Waals surface area contributed by atoms with Crippen molar-refractivity contribution < 1.29 is 0 Å². The van der Waals surface area contributed by atoms with Crippen molar-refractivity contribution in [2.45, 2.75) is 157 Å². The highest BCUT2D eigenvalue weighted by Crippen LogP contribution is 2.53. The van der Waals surface area contributed by atoms with Gasteiger partial charge in [-0.1, -0.05) is 169 Å². The van der Waals surface area contributed by atoms with E-state index < -0.39 is 0 Å². The number of hydrogen-bond donors (Lipinski definition) is 0. The Morgan fingerprint density at radius 2 is 0.986 bits per heavy atom. The molecule has 0 amide bonds. The zero-order chi connectivity index (χ0) is 51.2. The maximum Gasteiger partial charge on any atom is 0.0765 e. The Hall–Kier alpha value is -6.10. The van der Waals surface area contributed by atoms with Crippen LogP contribution < -0.4 is 9.80 Å². The van der Waals surface area contributed by atoms with Gasteiger partial charge in [-0.3, -0.25) is 0 Å². The van der Waals surface area contributed by atoms with Gasteiger partial charge < -0.3 is 14.4 Å². The van der Waals surface area contributed by atoms with E-state index in [-0.39, 0.29) is 21.7 Å². The second kappa shape index (κ2) is 18.1. The summed E-state index contributed by atoms with van der Waals surface area (Å²) >= 11 is 1.93. The van der Waals surface area contributed by atoms with Crippen molar-refractivity contribution in [3.05, 3.63) is 184 Å². The summed E-state index contributed by atoms with van der Waals surface area (Å²) in [5.41, 5.74) is 20.2. The maximum absolute atomic E-state index is 2.67. The summed E-state index contributed by atoms with van der Waals surface area (Å²) in [4.78, 5) is 5.26. The fourth-order valence-corrected chi connectivity index (χ4v) is 12.7. The van der Waals surface area contributed by atoms with Gasteiger partial charge in [0.05, 0.1) is 22.6 Å². The van der Waals surface area contributed by atoms with E-state index in [2.05, 4.69) is 258 Å². The summed E-state index contributed by atoms with van der Waals surface area (Å²) < 4.78 is 5.18. The van der Waals surface area contributed by atoms with Crippen molar-refractivity contribution in [3.8, 4) is 5.69 Å². The molecule has 0 unspecified atom stereocenters. The summed E-state index contributed by atoms with van der Waals surface area (Å²) in [6, 6.07) is 54.4. The number of fused-ring (bicyclic) bond motifs is 5. The lowest BCUT2D eigenvalue weighted by Gasteiger charge is -2.35. The van der Waals surface area contributed by atoms with Gasteiger partial charge >= 0.3 is 0 Å². The van der Waals surface area contributed by atoms with Crippen LogP contribution >= 0.6 is 11.3 Å². The van der Waals surface area contributed by atoms with Crippen LogP contribution in [0.2, 0.25) is 0 Å². The molecule has 1 fully saturated rings. The van der Waals surface area contributed by atoms with Crippen LogP contribution in [0.25, 0.3) is 36.8 Å². The lowest BCUT2D eigenvalue weighted by Crippen LogP contribution is -2.19. The van der Waals surface area contributed by atoms with Crippen LogP contribution in [0.3, 0.4) is 0 Å². The number of aromatic nitrogens is 1. The molecule has 1 aliphatic rings. The van der Waals surface area contributed by atoms with Crippen LogP contribution in [0.15, 0.2) is 140 Å². The van der Waals surface area contributed by atoms with Crippen LogP contribution in [0, 0.1) is 20.8 Å². The van der Waals surface area contributed by atoms with Crippen molar-refractivity contribution >= 4 is 76.5 Å². The Kier molecular flexibility index (Phi) is 12.5. The largest absolute Gasteiger partial charge is 0.312 e. The van der Waals surface area contributed by atoms with Crippen LogP contribution in [0.1, 0.15) is 159 Å². The first kappa shape index (κ1) is 49.5. The standard InChI is InChI=1S/C68H77N3S/c1-43-40-51(68(13,14)15)30-38-57(43)70(53-33-26-49(27-34-53)66(7,8)9)59-41-47(46-20-16-17-21-46)42-60(44(59)2)71(54-35-28-50(29-36-54)67(10,11)12)63-45(3)69(52-31-24-48(25-32-52)65(4,5)6)58-39-37-56-55-22-18-19-23-61(55)72-64(56)62(58)63/h18-19,22-42,46H,16-17,20-21H2,1-15H3. The van der Waals surface area contributed by atoms with E-state index in [9.17, 15) is 0 Å². The molecule has 10 rings (SSSR count). The number of aryl methyl sites for hydroxylation is 1.